The van der Waals surface area contributed by atoms with Crippen molar-refractivity contribution in [3.63, 3.8) is 0 Å². The van der Waals surface area contributed by atoms with Crippen molar-refractivity contribution in [2.75, 3.05) is 13.2 Å². The molecule has 0 aromatic rings. The van der Waals surface area contributed by atoms with Crippen LogP contribution >= 0.6 is 0 Å². The number of carbonyl (C=O) groups is 2. The van der Waals surface area contributed by atoms with Crippen LogP contribution in [0.1, 0.15) is 258 Å². The lowest BCUT2D eigenvalue weighted by Gasteiger charge is -2.41. The summed E-state index contributed by atoms with van der Waals surface area (Å²) in [7, 11) is 0. The molecule has 1 fully saturated rings. The van der Waals surface area contributed by atoms with Crippen LogP contribution in [0.4, 0.5) is 0 Å². The van der Waals surface area contributed by atoms with Gasteiger partial charge < -0.3 is 45.1 Å². The van der Waals surface area contributed by atoms with Gasteiger partial charge in [-0.05, 0) is 89.9 Å². The molecule has 0 bridgehead atoms. The quantitative estimate of drug-likeness (QED) is 0.0195. The number of aliphatic hydroxyl groups is 5. The van der Waals surface area contributed by atoms with Crippen LogP contribution in [-0.4, -0.2) is 99.6 Å². The van der Waals surface area contributed by atoms with Gasteiger partial charge >= 0.3 is 5.97 Å². The first-order valence-corrected chi connectivity index (χ1v) is 30.1. The second-order valence-corrected chi connectivity index (χ2v) is 20.7. The molecule has 0 saturated carbocycles. The van der Waals surface area contributed by atoms with E-state index >= 15 is 0 Å². The van der Waals surface area contributed by atoms with E-state index in [0.717, 1.165) is 89.9 Å². The molecule has 1 aliphatic rings. The van der Waals surface area contributed by atoms with E-state index in [4.69, 9.17) is 14.2 Å². The molecular weight excluding hydrogens is 919 g/mol. The first-order chi connectivity index (χ1) is 35.7. The van der Waals surface area contributed by atoms with Crippen molar-refractivity contribution in [1.82, 2.24) is 5.32 Å². The van der Waals surface area contributed by atoms with Crippen LogP contribution in [0, 0.1) is 0 Å². The minimum atomic E-state index is -1.62. The molecule has 0 aliphatic carbocycles. The van der Waals surface area contributed by atoms with Gasteiger partial charge in [0.2, 0.25) is 5.91 Å². The Bertz CT molecular complexity index is 1420. The van der Waals surface area contributed by atoms with Gasteiger partial charge in [0.25, 0.3) is 0 Å². The van der Waals surface area contributed by atoms with E-state index in [2.05, 4.69) is 74.7 Å². The Hall–Kier alpha value is -2.64. The van der Waals surface area contributed by atoms with Gasteiger partial charge in [-0.3, -0.25) is 9.59 Å². The van der Waals surface area contributed by atoms with Crippen molar-refractivity contribution >= 4 is 11.9 Å². The van der Waals surface area contributed by atoms with Crippen LogP contribution < -0.4 is 5.32 Å². The third-order valence-electron chi connectivity index (χ3n) is 13.9. The number of amides is 1. The molecule has 8 unspecified atom stereocenters. The number of allylic oxidation sites excluding steroid dienone is 9. The number of carbonyl (C=O) groups excluding carboxylic acids is 2. The Morgan fingerprint density at radius 1 is 0.534 bits per heavy atom. The molecule has 0 spiro atoms. The lowest BCUT2D eigenvalue weighted by atomic mass is 9.99. The van der Waals surface area contributed by atoms with E-state index in [1.54, 1.807) is 6.08 Å². The molecule has 1 saturated heterocycles. The Morgan fingerprint density at radius 3 is 1.45 bits per heavy atom. The highest BCUT2D eigenvalue weighted by Crippen LogP contribution is 2.26. The van der Waals surface area contributed by atoms with E-state index < -0.39 is 67.4 Å². The lowest BCUT2D eigenvalue weighted by Crippen LogP contribution is -2.61. The Balaban J connectivity index is 2.72. The molecule has 424 valence electrons. The van der Waals surface area contributed by atoms with E-state index in [-0.39, 0.29) is 19.4 Å². The molecule has 1 rings (SSSR count). The topological polar surface area (TPSA) is 175 Å². The normalized spacial score (nSPS) is 19.8. The van der Waals surface area contributed by atoms with Gasteiger partial charge in [-0.1, -0.05) is 223 Å². The predicted octanol–water partition coefficient (Wildman–Crippen LogP) is 13.8. The second-order valence-electron chi connectivity index (χ2n) is 20.7. The number of nitrogens with one attached hydrogen (secondary N) is 1. The van der Waals surface area contributed by atoms with Crippen molar-refractivity contribution in [3.05, 3.63) is 60.8 Å². The summed E-state index contributed by atoms with van der Waals surface area (Å²) in [4.78, 5) is 26.5. The largest absolute Gasteiger partial charge is 0.454 e. The maximum Gasteiger partial charge on any atom is 0.306 e. The fourth-order valence-electron chi connectivity index (χ4n) is 9.06. The third-order valence-corrected chi connectivity index (χ3v) is 13.9. The van der Waals surface area contributed by atoms with E-state index in [1.807, 2.05) is 6.08 Å². The molecule has 11 nitrogen and oxygen atoms in total. The number of unbranched alkanes of at least 4 members (excludes halogenated alkanes) is 28. The molecule has 0 radical (unpaired) electrons. The van der Waals surface area contributed by atoms with Gasteiger partial charge in [0.15, 0.2) is 12.4 Å². The summed E-state index contributed by atoms with van der Waals surface area (Å²) in [6.07, 6.45) is 51.1. The molecule has 11 heteroatoms. The first kappa shape index (κ1) is 68.4. The van der Waals surface area contributed by atoms with Crippen molar-refractivity contribution in [3.8, 4) is 0 Å². The summed E-state index contributed by atoms with van der Waals surface area (Å²) in [5.74, 6) is -1.22. The standard InChI is InChI=1S/C62H111NO10/c1-4-7-10-13-16-19-22-25-26-27-28-29-30-32-35-38-41-44-47-50-57(67)73-60-59(69)58(68)56(51-64)72-62(60)71-52-53(54(65)48-45-42-39-36-34-31-23-20-17-14-11-8-5-2)63-61(70)55(66)49-46-43-40-37-33-24-21-18-15-12-9-6-3/h16,19,25-26,28-29,33,37,45,48,53-56,58-60,62,64-66,68-69H,4-15,17-18,20-24,27,30-32,34-36,38-44,46-47,49-52H2,1-3H3,(H,63,70)/b19-16-,26-25-,29-28-,37-33-,48-45+. The smallest absolute Gasteiger partial charge is 0.306 e. The van der Waals surface area contributed by atoms with Crippen LogP contribution in [-0.2, 0) is 23.8 Å². The summed E-state index contributed by atoms with van der Waals surface area (Å²) < 4.78 is 17.6. The van der Waals surface area contributed by atoms with Crippen LogP contribution in [0.2, 0.25) is 0 Å². The third kappa shape index (κ3) is 38.5. The minimum absolute atomic E-state index is 0.106. The highest BCUT2D eigenvalue weighted by molar-refractivity contribution is 5.80. The van der Waals surface area contributed by atoms with E-state index in [9.17, 15) is 35.1 Å². The number of rotatable bonds is 50. The van der Waals surface area contributed by atoms with E-state index in [0.29, 0.717) is 12.8 Å². The fraction of sp³-hybridized carbons (Fsp3) is 0.806. The van der Waals surface area contributed by atoms with Crippen LogP contribution in [0.5, 0.6) is 0 Å². The average molecular weight is 1030 g/mol. The van der Waals surface area contributed by atoms with Gasteiger partial charge in [-0.15, -0.1) is 0 Å². The summed E-state index contributed by atoms with van der Waals surface area (Å²) >= 11 is 0. The molecule has 8 atom stereocenters. The lowest BCUT2D eigenvalue weighted by molar-refractivity contribution is -0.305. The molecule has 73 heavy (non-hydrogen) atoms. The summed E-state index contributed by atoms with van der Waals surface area (Å²) in [5.41, 5.74) is 0. The van der Waals surface area contributed by atoms with Crippen molar-refractivity contribution in [2.45, 2.75) is 307 Å². The molecule has 1 aliphatic heterocycles. The summed E-state index contributed by atoms with van der Waals surface area (Å²) in [6.45, 7) is 5.73. The molecular formula is C62H111NO10. The van der Waals surface area contributed by atoms with Gasteiger partial charge in [0.05, 0.1) is 25.4 Å². The number of hydrogen-bond acceptors (Lipinski definition) is 10. The van der Waals surface area contributed by atoms with Crippen LogP contribution in [0.15, 0.2) is 60.8 Å². The number of aliphatic hydroxyl groups excluding tert-OH is 5. The molecule has 6 N–H and O–H groups in total. The maximum atomic E-state index is 13.4. The summed E-state index contributed by atoms with van der Waals surface area (Å²) in [5, 5.41) is 56.8. The monoisotopic (exact) mass is 1030 g/mol. The van der Waals surface area contributed by atoms with Crippen molar-refractivity contribution in [2.24, 2.45) is 0 Å². The van der Waals surface area contributed by atoms with Crippen molar-refractivity contribution in [1.29, 1.82) is 0 Å². The predicted molar refractivity (Wildman–Crippen MR) is 301 cm³/mol. The number of hydrogen-bond donors (Lipinski definition) is 6. The Labute approximate surface area is 446 Å². The number of ether oxygens (including phenoxy) is 3. The Kier molecular flexibility index (Phi) is 47.0. The SMILES string of the molecule is CCCCC/C=C\C/C=C\C/C=C\CCCCCCCCC(=O)OC1C(OCC(NC(=O)C(O)CCCC/C=C\CCCCCCCC)C(O)/C=C/CCCCCCCCCCCCC)OC(CO)C(O)C1O. The second kappa shape index (κ2) is 50.2. The fourth-order valence-corrected chi connectivity index (χ4v) is 9.06. The zero-order chi connectivity index (χ0) is 53.3. The van der Waals surface area contributed by atoms with Gasteiger partial charge in [-0.2, -0.15) is 0 Å². The highest BCUT2D eigenvalue weighted by atomic mass is 16.7. The Morgan fingerprint density at radius 2 is 0.945 bits per heavy atom. The van der Waals surface area contributed by atoms with Crippen LogP contribution in [0.25, 0.3) is 0 Å². The summed E-state index contributed by atoms with van der Waals surface area (Å²) in [6, 6.07) is -1.03. The molecule has 0 aromatic heterocycles. The molecule has 0 aromatic carbocycles. The highest BCUT2D eigenvalue weighted by Gasteiger charge is 2.47. The number of esters is 1. The minimum Gasteiger partial charge on any atom is -0.454 e. The average Bonchev–Trinajstić information content (AvgIpc) is 3.39. The van der Waals surface area contributed by atoms with Crippen LogP contribution in [0.3, 0.4) is 0 Å². The van der Waals surface area contributed by atoms with Gasteiger partial charge in [-0.25, -0.2) is 0 Å². The van der Waals surface area contributed by atoms with Gasteiger partial charge in [0.1, 0.15) is 24.4 Å². The zero-order valence-corrected chi connectivity index (χ0v) is 46.7. The van der Waals surface area contributed by atoms with Gasteiger partial charge in [0, 0.05) is 6.42 Å². The molecule has 1 heterocycles. The maximum absolute atomic E-state index is 13.4. The van der Waals surface area contributed by atoms with E-state index in [1.165, 1.54) is 122 Å². The first-order valence-electron chi connectivity index (χ1n) is 30.1. The zero-order valence-electron chi connectivity index (χ0n) is 46.7. The molecule has 1 amide bonds. The van der Waals surface area contributed by atoms with Crippen molar-refractivity contribution < 1.29 is 49.3 Å².